The lowest BCUT2D eigenvalue weighted by molar-refractivity contribution is -0.114. The Morgan fingerprint density at radius 2 is 2.35 bits per heavy atom. The third-order valence-electron chi connectivity index (χ3n) is 1.81. The van der Waals surface area contributed by atoms with Gasteiger partial charge in [-0.05, 0) is 30.8 Å². The molecule has 0 radical (unpaired) electrons. The molecule has 1 rings (SSSR count). The molecule has 6 nitrogen and oxygen atoms in total. The standard InChI is InChI=1S/C10H13N5OS/c1-6-3-8(4-13-15-10(11)17)12-5-9(6)14-7(2)16/h3-5H,1-2H3,(H,14,16)(H3,11,15,17). The summed E-state index contributed by atoms with van der Waals surface area (Å²) in [5, 5.41) is 6.54. The van der Waals surface area contributed by atoms with E-state index in [2.05, 4.69) is 33.0 Å². The highest BCUT2D eigenvalue weighted by Gasteiger charge is 2.01. The molecule has 1 aromatic rings. The molecule has 0 aromatic carbocycles. The number of nitrogens with one attached hydrogen (secondary N) is 2. The Labute approximate surface area is 104 Å². The monoisotopic (exact) mass is 251 g/mol. The van der Waals surface area contributed by atoms with Crippen LogP contribution in [0, 0.1) is 6.92 Å². The number of nitrogens with two attached hydrogens (primary N) is 1. The Morgan fingerprint density at radius 1 is 1.65 bits per heavy atom. The molecule has 0 aliphatic carbocycles. The number of aryl methyl sites for hydroxylation is 1. The molecular formula is C10H13N5OS. The molecule has 1 aromatic heterocycles. The van der Waals surface area contributed by atoms with Crippen LogP contribution in [-0.4, -0.2) is 22.2 Å². The SMILES string of the molecule is CC(=O)Nc1cnc(C=NNC(N)=S)cc1C. The Hall–Kier alpha value is -2.02. The highest BCUT2D eigenvalue weighted by atomic mass is 32.1. The zero-order valence-corrected chi connectivity index (χ0v) is 10.3. The van der Waals surface area contributed by atoms with Crippen LogP contribution in [0.5, 0.6) is 0 Å². The third kappa shape index (κ3) is 4.56. The van der Waals surface area contributed by atoms with Gasteiger partial charge in [-0.3, -0.25) is 15.2 Å². The van der Waals surface area contributed by atoms with Crippen molar-refractivity contribution in [2.45, 2.75) is 13.8 Å². The number of nitrogens with zero attached hydrogens (tertiary/aromatic N) is 2. The Bertz CT molecular complexity index is 472. The lowest BCUT2D eigenvalue weighted by Gasteiger charge is -2.05. The Morgan fingerprint density at radius 3 is 2.88 bits per heavy atom. The molecule has 1 amide bonds. The van der Waals surface area contributed by atoms with Crippen molar-refractivity contribution < 1.29 is 4.79 Å². The van der Waals surface area contributed by atoms with Crippen LogP contribution in [0.3, 0.4) is 0 Å². The maximum absolute atomic E-state index is 10.9. The molecule has 90 valence electrons. The van der Waals surface area contributed by atoms with Crippen molar-refractivity contribution in [1.29, 1.82) is 0 Å². The first kappa shape index (κ1) is 13.0. The second-order valence-electron chi connectivity index (χ2n) is 3.34. The van der Waals surface area contributed by atoms with E-state index in [-0.39, 0.29) is 11.0 Å². The van der Waals surface area contributed by atoms with Crippen molar-refractivity contribution in [3.63, 3.8) is 0 Å². The average molecular weight is 251 g/mol. The van der Waals surface area contributed by atoms with Gasteiger partial charge in [-0.15, -0.1) is 0 Å². The van der Waals surface area contributed by atoms with Crippen LogP contribution in [0.1, 0.15) is 18.2 Å². The summed E-state index contributed by atoms with van der Waals surface area (Å²) in [5.41, 5.74) is 9.85. The predicted octanol–water partition coefficient (Wildman–Crippen LogP) is 0.516. The summed E-state index contributed by atoms with van der Waals surface area (Å²) in [5.74, 6) is -0.133. The summed E-state index contributed by atoms with van der Waals surface area (Å²) in [6.45, 7) is 3.31. The Kier molecular flexibility index (Phi) is 4.53. The van der Waals surface area contributed by atoms with Gasteiger partial charge in [0, 0.05) is 6.92 Å². The maximum atomic E-state index is 10.9. The number of thiocarbonyl (C=S) groups is 1. The number of amides is 1. The number of hydrazone groups is 1. The van der Waals surface area contributed by atoms with E-state index in [1.807, 2.05) is 6.92 Å². The molecule has 0 unspecified atom stereocenters. The summed E-state index contributed by atoms with van der Waals surface area (Å²) >= 11 is 4.59. The first-order chi connectivity index (χ1) is 7.99. The molecule has 17 heavy (non-hydrogen) atoms. The zero-order chi connectivity index (χ0) is 12.8. The topological polar surface area (TPSA) is 92.4 Å². The minimum Gasteiger partial charge on any atom is -0.375 e. The van der Waals surface area contributed by atoms with Gasteiger partial charge in [-0.25, -0.2) is 0 Å². The highest BCUT2D eigenvalue weighted by Crippen LogP contribution is 2.12. The molecule has 0 bridgehead atoms. The fraction of sp³-hybridized carbons (Fsp3) is 0.200. The van der Waals surface area contributed by atoms with Gasteiger partial charge in [-0.1, -0.05) is 0 Å². The minimum atomic E-state index is -0.133. The van der Waals surface area contributed by atoms with Crippen molar-refractivity contribution in [3.8, 4) is 0 Å². The second-order valence-corrected chi connectivity index (χ2v) is 3.78. The largest absolute Gasteiger partial charge is 0.375 e. The molecule has 0 spiro atoms. The lowest BCUT2D eigenvalue weighted by Crippen LogP contribution is -2.24. The maximum Gasteiger partial charge on any atom is 0.221 e. The summed E-state index contributed by atoms with van der Waals surface area (Å²) in [7, 11) is 0. The van der Waals surface area contributed by atoms with Crippen molar-refractivity contribution in [2.75, 3.05) is 5.32 Å². The van der Waals surface area contributed by atoms with Crippen molar-refractivity contribution in [1.82, 2.24) is 10.4 Å². The number of aromatic nitrogens is 1. The van der Waals surface area contributed by atoms with Gasteiger partial charge in [0.25, 0.3) is 0 Å². The fourth-order valence-electron chi connectivity index (χ4n) is 1.13. The molecular weight excluding hydrogens is 238 g/mol. The number of carbonyl (C=O) groups is 1. The van der Waals surface area contributed by atoms with Crippen LogP contribution in [0.2, 0.25) is 0 Å². The summed E-state index contributed by atoms with van der Waals surface area (Å²) in [6, 6.07) is 1.79. The number of pyridine rings is 1. The van der Waals surface area contributed by atoms with Gasteiger partial charge in [0.1, 0.15) is 0 Å². The van der Waals surface area contributed by atoms with E-state index in [0.29, 0.717) is 11.4 Å². The number of rotatable bonds is 3. The van der Waals surface area contributed by atoms with E-state index in [9.17, 15) is 4.79 Å². The number of hydrogen-bond acceptors (Lipinski definition) is 4. The van der Waals surface area contributed by atoms with Gasteiger partial charge in [0.2, 0.25) is 5.91 Å². The van der Waals surface area contributed by atoms with Crippen molar-refractivity contribution >= 4 is 35.1 Å². The van der Waals surface area contributed by atoms with Crippen LogP contribution in [0.25, 0.3) is 0 Å². The van der Waals surface area contributed by atoms with Gasteiger partial charge >= 0.3 is 0 Å². The fourth-order valence-corrected chi connectivity index (χ4v) is 1.18. The van der Waals surface area contributed by atoms with E-state index in [4.69, 9.17) is 5.73 Å². The molecule has 7 heteroatoms. The summed E-state index contributed by atoms with van der Waals surface area (Å²) < 4.78 is 0. The quantitative estimate of drug-likeness (QED) is 0.413. The third-order valence-corrected chi connectivity index (χ3v) is 1.91. The first-order valence-electron chi connectivity index (χ1n) is 4.82. The predicted molar refractivity (Wildman–Crippen MR) is 70.8 cm³/mol. The molecule has 1 heterocycles. The minimum absolute atomic E-state index is 0.0906. The first-order valence-corrected chi connectivity index (χ1v) is 5.22. The van der Waals surface area contributed by atoms with Gasteiger partial charge in [0.05, 0.1) is 23.8 Å². The number of hydrogen-bond donors (Lipinski definition) is 3. The molecule has 0 atom stereocenters. The molecule has 0 aliphatic heterocycles. The molecule has 4 N–H and O–H groups in total. The van der Waals surface area contributed by atoms with E-state index >= 15 is 0 Å². The van der Waals surface area contributed by atoms with Crippen LogP contribution in [-0.2, 0) is 4.79 Å². The van der Waals surface area contributed by atoms with Gasteiger partial charge < -0.3 is 11.1 Å². The van der Waals surface area contributed by atoms with Crippen LogP contribution < -0.4 is 16.5 Å². The summed E-state index contributed by atoms with van der Waals surface area (Å²) in [6.07, 6.45) is 3.06. The molecule has 0 fully saturated rings. The zero-order valence-electron chi connectivity index (χ0n) is 9.52. The number of carbonyl (C=O) groups excluding carboxylic acids is 1. The van der Waals surface area contributed by atoms with Crippen molar-refractivity contribution in [3.05, 3.63) is 23.5 Å². The van der Waals surface area contributed by atoms with E-state index in [1.54, 1.807) is 12.3 Å². The molecule has 0 saturated heterocycles. The van der Waals surface area contributed by atoms with Crippen LogP contribution >= 0.6 is 12.2 Å². The normalized spacial score (nSPS) is 10.2. The molecule has 0 aliphatic rings. The average Bonchev–Trinajstić information content (AvgIpc) is 2.21. The van der Waals surface area contributed by atoms with Crippen LogP contribution in [0.15, 0.2) is 17.4 Å². The van der Waals surface area contributed by atoms with E-state index in [0.717, 1.165) is 5.56 Å². The summed E-state index contributed by atoms with van der Waals surface area (Å²) in [4.78, 5) is 15.0. The van der Waals surface area contributed by atoms with Gasteiger partial charge in [-0.2, -0.15) is 5.10 Å². The van der Waals surface area contributed by atoms with Gasteiger partial charge in [0.15, 0.2) is 5.11 Å². The van der Waals surface area contributed by atoms with Crippen molar-refractivity contribution in [2.24, 2.45) is 10.8 Å². The lowest BCUT2D eigenvalue weighted by atomic mass is 10.2. The van der Waals surface area contributed by atoms with E-state index in [1.165, 1.54) is 13.1 Å². The number of anilines is 1. The Balaban J connectivity index is 2.78. The highest BCUT2D eigenvalue weighted by molar-refractivity contribution is 7.80. The van der Waals surface area contributed by atoms with E-state index < -0.39 is 0 Å². The molecule has 0 saturated carbocycles. The van der Waals surface area contributed by atoms with Crippen LogP contribution in [0.4, 0.5) is 5.69 Å². The second kappa shape index (κ2) is 5.90. The smallest absolute Gasteiger partial charge is 0.221 e.